The topological polar surface area (TPSA) is 126 Å². The highest BCUT2D eigenvalue weighted by Crippen LogP contribution is 2.36. The van der Waals surface area contributed by atoms with Gasteiger partial charge in [-0.2, -0.15) is 10.1 Å². The number of ether oxygens (including phenoxy) is 2. The standard InChI is InChI=1S/C18H21Cl2N7O4/c1-3-5-12(13-9-31-13)26-10(2)14(27(28)29)17(24-26)30-7-4-6-25-16-11(15(19)23-25)8-21-18(20)22-16/h8,12-13H,3-7,9H2,1-2H3. The number of hydrogen-bond acceptors (Lipinski definition) is 8. The van der Waals surface area contributed by atoms with Crippen LogP contribution in [0.5, 0.6) is 5.88 Å². The molecule has 4 rings (SSSR count). The molecule has 0 radical (unpaired) electrons. The Labute approximate surface area is 187 Å². The lowest BCUT2D eigenvalue weighted by Crippen LogP contribution is -2.18. The van der Waals surface area contributed by atoms with Crippen molar-refractivity contribution in [2.45, 2.75) is 51.8 Å². The maximum atomic E-state index is 11.6. The molecule has 1 saturated heterocycles. The molecule has 0 aliphatic carbocycles. The van der Waals surface area contributed by atoms with Gasteiger partial charge in [0.15, 0.2) is 10.8 Å². The third kappa shape index (κ3) is 4.43. The molecular formula is C18H21Cl2N7O4. The quantitative estimate of drug-likeness (QED) is 0.144. The van der Waals surface area contributed by atoms with Gasteiger partial charge in [-0.3, -0.25) is 14.8 Å². The van der Waals surface area contributed by atoms with Gasteiger partial charge in [0.2, 0.25) is 5.28 Å². The average molecular weight is 470 g/mol. The molecule has 4 heterocycles. The Bertz CT molecular complexity index is 1110. The van der Waals surface area contributed by atoms with Crippen LogP contribution >= 0.6 is 23.2 Å². The van der Waals surface area contributed by atoms with E-state index >= 15 is 0 Å². The van der Waals surface area contributed by atoms with Gasteiger partial charge in [-0.05, 0) is 24.9 Å². The molecule has 1 aliphatic heterocycles. The minimum absolute atomic E-state index is 0.0120. The molecule has 2 unspecified atom stereocenters. The Morgan fingerprint density at radius 3 is 2.87 bits per heavy atom. The van der Waals surface area contributed by atoms with Crippen LogP contribution in [0.3, 0.4) is 0 Å². The van der Waals surface area contributed by atoms with Gasteiger partial charge in [0.25, 0.3) is 0 Å². The first kappa shape index (κ1) is 21.7. The van der Waals surface area contributed by atoms with E-state index in [2.05, 4.69) is 27.1 Å². The first-order chi connectivity index (χ1) is 14.9. The highest BCUT2D eigenvalue weighted by atomic mass is 35.5. The van der Waals surface area contributed by atoms with Crippen LogP contribution in [0.4, 0.5) is 5.69 Å². The zero-order valence-electron chi connectivity index (χ0n) is 17.0. The summed E-state index contributed by atoms with van der Waals surface area (Å²) in [4.78, 5) is 19.3. The Morgan fingerprint density at radius 1 is 1.42 bits per heavy atom. The Kier molecular flexibility index (Phi) is 6.26. The van der Waals surface area contributed by atoms with Gasteiger partial charge >= 0.3 is 11.6 Å². The van der Waals surface area contributed by atoms with Crippen molar-refractivity contribution >= 4 is 39.9 Å². The SMILES string of the molecule is CCCC(C1CO1)n1nc(OCCCn2nc(Cl)c3cnc(Cl)nc32)c([N+](=O)[O-])c1C. The van der Waals surface area contributed by atoms with Crippen LogP contribution in [0.2, 0.25) is 10.4 Å². The number of epoxide rings is 1. The van der Waals surface area contributed by atoms with Crippen LogP contribution in [-0.2, 0) is 11.3 Å². The first-order valence-corrected chi connectivity index (χ1v) is 10.7. The normalized spacial score (nSPS) is 16.6. The predicted molar refractivity (Wildman–Crippen MR) is 113 cm³/mol. The van der Waals surface area contributed by atoms with Crippen molar-refractivity contribution in [3.63, 3.8) is 0 Å². The van der Waals surface area contributed by atoms with Crippen LogP contribution in [-0.4, -0.2) is 53.8 Å². The Balaban J connectivity index is 1.47. The summed E-state index contributed by atoms with van der Waals surface area (Å²) in [6.07, 6.45) is 3.80. The number of rotatable bonds is 10. The van der Waals surface area contributed by atoms with E-state index in [-0.39, 0.29) is 40.8 Å². The minimum atomic E-state index is -0.454. The summed E-state index contributed by atoms with van der Waals surface area (Å²) < 4.78 is 14.4. The fraction of sp³-hybridized carbons (Fsp3) is 0.556. The number of aryl methyl sites for hydroxylation is 1. The van der Waals surface area contributed by atoms with Gasteiger partial charge in [0.05, 0.1) is 29.6 Å². The van der Waals surface area contributed by atoms with Crippen LogP contribution < -0.4 is 4.74 Å². The lowest BCUT2D eigenvalue weighted by molar-refractivity contribution is -0.386. The second-order valence-electron chi connectivity index (χ2n) is 7.26. The van der Waals surface area contributed by atoms with Crippen LogP contribution in [0.15, 0.2) is 6.20 Å². The zero-order chi connectivity index (χ0) is 22.1. The average Bonchev–Trinajstić information content (AvgIpc) is 3.45. The van der Waals surface area contributed by atoms with Crippen molar-refractivity contribution in [2.24, 2.45) is 0 Å². The van der Waals surface area contributed by atoms with E-state index in [1.165, 1.54) is 6.20 Å². The van der Waals surface area contributed by atoms with E-state index in [0.29, 0.717) is 36.3 Å². The Hall–Kier alpha value is -2.50. The maximum Gasteiger partial charge on any atom is 0.352 e. The van der Waals surface area contributed by atoms with Crippen LogP contribution in [0.1, 0.15) is 37.9 Å². The number of hydrogen-bond donors (Lipinski definition) is 0. The fourth-order valence-electron chi connectivity index (χ4n) is 3.59. The van der Waals surface area contributed by atoms with Crippen molar-refractivity contribution in [1.82, 2.24) is 29.5 Å². The molecule has 2 atom stereocenters. The van der Waals surface area contributed by atoms with Crippen molar-refractivity contribution < 1.29 is 14.4 Å². The van der Waals surface area contributed by atoms with E-state index in [9.17, 15) is 10.1 Å². The van der Waals surface area contributed by atoms with Gasteiger partial charge < -0.3 is 9.47 Å². The summed E-state index contributed by atoms with van der Waals surface area (Å²) in [5.74, 6) is 0.0120. The predicted octanol–water partition coefficient (Wildman–Crippen LogP) is 3.76. The smallest absolute Gasteiger partial charge is 0.352 e. The molecule has 0 amide bonds. The molecule has 0 bridgehead atoms. The number of nitrogens with zero attached hydrogens (tertiary/aromatic N) is 7. The van der Waals surface area contributed by atoms with Gasteiger partial charge in [-0.15, -0.1) is 5.10 Å². The van der Waals surface area contributed by atoms with Crippen molar-refractivity contribution in [2.75, 3.05) is 13.2 Å². The molecular weight excluding hydrogens is 449 g/mol. The minimum Gasteiger partial charge on any atom is -0.472 e. The van der Waals surface area contributed by atoms with Gasteiger partial charge in [-0.25, -0.2) is 9.67 Å². The Morgan fingerprint density at radius 2 is 2.19 bits per heavy atom. The summed E-state index contributed by atoms with van der Waals surface area (Å²) in [6, 6.07) is -0.0388. The molecule has 13 heteroatoms. The molecule has 1 fully saturated rings. The zero-order valence-corrected chi connectivity index (χ0v) is 18.5. The molecule has 31 heavy (non-hydrogen) atoms. The second-order valence-corrected chi connectivity index (χ2v) is 7.96. The summed E-state index contributed by atoms with van der Waals surface area (Å²) in [5.41, 5.74) is 0.863. The molecule has 0 N–H and O–H groups in total. The third-order valence-electron chi connectivity index (χ3n) is 5.12. The van der Waals surface area contributed by atoms with E-state index in [0.717, 1.165) is 12.8 Å². The van der Waals surface area contributed by atoms with Gasteiger partial charge in [-0.1, -0.05) is 24.9 Å². The van der Waals surface area contributed by atoms with E-state index in [1.54, 1.807) is 16.3 Å². The number of fused-ring (bicyclic) bond motifs is 1. The van der Waals surface area contributed by atoms with E-state index in [4.69, 9.17) is 32.7 Å². The molecule has 11 nitrogen and oxygen atoms in total. The largest absolute Gasteiger partial charge is 0.472 e. The highest BCUT2D eigenvalue weighted by molar-refractivity contribution is 6.34. The molecule has 166 valence electrons. The number of halogens is 2. The fourth-order valence-corrected chi connectivity index (χ4v) is 3.95. The van der Waals surface area contributed by atoms with Crippen molar-refractivity contribution in [1.29, 1.82) is 0 Å². The van der Waals surface area contributed by atoms with E-state index in [1.807, 2.05) is 0 Å². The summed E-state index contributed by atoms with van der Waals surface area (Å²) >= 11 is 12.0. The van der Waals surface area contributed by atoms with Crippen LogP contribution in [0, 0.1) is 17.0 Å². The van der Waals surface area contributed by atoms with E-state index < -0.39 is 4.92 Å². The highest BCUT2D eigenvalue weighted by Gasteiger charge is 2.38. The first-order valence-electron chi connectivity index (χ1n) is 9.93. The second kappa shape index (κ2) is 8.93. The maximum absolute atomic E-state index is 11.6. The monoisotopic (exact) mass is 469 g/mol. The third-order valence-corrected chi connectivity index (χ3v) is 5.59. The van der Waals surface area contributed by atoms with Crippen LogP contribution in [0.25, 0.3) is 11.0 Å². The molecule has 3 aromatic heterocycles. The molecule has 0 aromatic carbocycles. The number of aromatic nitrogens is 6. The van der Waals surface area contributed by atoms with Crippen molar-refractivity contribution in [3.8, 4) is 5.88 Å². The molecule has 1 aliphatic rings. The van der Waals surface area contributed by atoms with Gasteiger partial charge in [0, 0.05) is 19.2 Å². The lowest BCUT2D eigenvalue weighted by Gasteiger charge is -2.15. The molecule has 0 spiro atoms. The number of nitro groups is 1. The van der Waals surface area contributed by atoms with Crippen molar-refractivity contribution in [3.05, 3.63) is 32.4 Å². The molecule has 3 aromatic rings. The van der Waals surface area contributed by atoms with Gasteiger partial charge in [0.1, 0.15) is 11.8 Å². The lowest BCUT2D eigenvalue weighted by atomic mass is 10.1. The molecule has 0 saturated carbocycles. The summed E-state index contributed by atoms with van der Waals surface area (Å²) in [7, 11) is 0. The summed E-state index contributed by atoms with van der Waals surface area (Å²) in [6.45, 7) is 5.02. The summed E-state index contributed by atoms with van der Waals surface area (Å²) in [5, 5.41) is 21.3.